The van der Waals surface area contributed by atoms with E-state index in [1.807, 2.05) is 11.3 Å². The van der Waals surface area contributed by atoms with Gasteiger partial charge in [0, 0.05) is 21.7 Å². The van der Waals surface area contributed by atoms with Crippen molar-refractivity contribution in [1.82, 2.24) is 0 Å². The normalized spacial score (nSPS) is 13.1. The molecule has 3 aromatic rings. The Morgan fingerprint density at radius 1 is 0.810 bits per heavy atom. The lowest BCUT2D eigenvalue weighted by molar-refractivity contribution is 1.24. The summed E-state index contributed by atoms with van der Waals surface area (Å²) in [5.74, 6) is 0. The molecule has 1 heteroatoms. The Kier molecular flexibility index (Phi) is 3.01. The molecule has 0 aliphatic heterocycles. The van der Waals surface area contributed by atoms with E-state index < -0.39 is 0 Å². The molecular formula is C20H16S. The molecule has 2 aromatic carbocycles. The molecule has 0 atom stereocenters. The van der Waals surface area contributed by atoms with Crippen molar-refractivity contribution in [2.75, 3.05) is 0 Å². The van der Waals surface area contributed by atoms with E-state index in [0.29, 0.717) is 0 Å². The van der Waals surface area contributed by atoms with Gasteiger partial charge in [0.2, 0.25) is 0 Å². The van der Waals surface area contributed by atoms with Crippen LogP contribution in [-0.2, 0) is 6.42 Å². The monoisotopic (exact) mass is 288 g/mol. The van der Waals surface area contributed by atoms with Gasteiger partial charge in [-0.25, -0.2) is 0 Å². The van der Waals surface area contributed by atoms with Crippen molar-refractivity contribution in [3.8, 4) is 21.6 Å². The highest BCUT2D eigenvalue weighted by Crippen LogP contribution is 2.47. The maximum atomic E-state index is 2.36. The largest absolute Gasteiger partial charge is 0.139 e. The van der Waals surface area contributed by atoms with Gasteiger partial charge in [-0.1, -0.05) is 72.3 Å². The third-order valence-corrected chi connectivity index (χ3v) is 5.21. The molecule has 0 N–H and O–H groups in total. The van der Waals surface area contributed by atoms with Gasteiger partial charge in [-0.3, -0.25) is 0 Å². The maximum Gasteiger partial charge on any atom is 0.0430 e. The molecule has 1 aliphatic carbocycles. The van der Waals surface area contributed by atoms with Crippen molar-refractivity contribution in [2.45, 2.75) is 13.3 Å². The lowest BCUT2D eigenvalue weighted by atomic mass is 9.98. The van der Waals surface area contributed by atoms with Crippen LogP contribution in [0.1, 0.15) is 17.4 Å². The van der Waals surface area contributed by atoms with Gasteiger partial charge in [-0.15, -0.1) is 11.3 Å². The molecule has 0 fully saturated rings. The number of fused-ring (bicyclic) bond motifs is 1. The van der Waals surface area contributed by atoms with Crippen LogP contribution < -0.4 is 0 Å². The van der Waals surface area contributed by atoms with E-state index in [1.165, 1.54) is 37.6 Å². The van der Waals surface area contributed by atoms with Crippen LogP contribution in [0.15, 0.2) is 66.2 Å². The Bertz CT molecular complexity index is 808. The van der Waals surface area contributed by atoms with Crippen molar-refractivity contribution in [3.63, 3.8) is 0 Å². The molecule has 0 amide bonds. The minimum atomic E-state index is 1.10. The van der Waals surface area contributed by atoms with Crippen LogP contribution in [0.2, 0.25) is 0 Å². The fourth-order valence-corrected chi connectivity index (χ4v) is 4.41. The second kappa shape index (κ2) is 5.01. The van der Waals surface area contributed by atoms with E-state index in [-0.39, 0.29) is 0 Å². The first-order valence-electron chi connectivity index (χ1n) is 7.26. The molecular weight excluding hydrogens is 272 g/mol. The number of thiophene rings is 1. The van der Waals surface area contributed by atoms with Crippen LogP contribution in [-0.4, -0.2) is 0 Å². The number of allylic oxidation sites excluding steroid dienone is 1. The number of hydrogen-bond donors (Lipinski definition) is 0. The Hall–Kier alpha value is -2.12. The molecule has 0 saturated heterocycles. The molecule has 0 nitrogen and oxygen atoms in total. The Morgan fingerprint density at radius 3 is 2.10 bits per heavy atom. The van der Waals surface area contributed by atoms with Gasteiger partial charge >= 0.3 is 0 Å². The van der Waals surface area contributed by atoms with Crippen LogP contribution in [0.3, 0.4) is 0 Å². The summed E-state index contributed by atoms with van der Waals surface area (Å²) in [5.41, 5.74) is 6.94. The van der Waals surface area contributed by atoms with Crippen LogP contribution in [0.25, 0.3) is 27.6 Å². The van der Waals surface area contributed by atoms with E-state index >= 15 is 0 Å². The van der Waals surface area contributed by atoms with Crippen molar-refractivity contribution in [2.24, 2.45) is 0 Å². The average molecular weight is 288 g/mol. The standard InChI is InChI=1S/C20H16S/c1-14-12-17-18(13-14)21-20(16-10-6-3-7-11-16)19(17)15-8-4-2-5-9-15/h2-12H,13H2,1H3. The minimum Gasteiger partial charge on any atom is -0.139 e. The zero-order valence-corrected chi connectivity index (χ0v) is 12.8. The molecule has 21 heavy (non-hydrogen) atoms. The molecule has 1 heterocycles. The van der Waals surface area contributed by atoms with E-state index in [9.17, 15) is 0 Å². The Morgan fingerprint density at radius 2 is 1.43 bits per heavy atom. The van der Waals surface area contributed by atoms with E-state index in [2.05, 4.69) is 73.7 Å². The molecule has 0 spiro atoms. The fourth-order valence-electron chi connectivity index (χ4n) is 3.01. The highest BCUT2D eigenvalue weighted by Gasteiger charge is 2.22. The molecule has 0 bridgehead atoms. The summed E-state index contributed by atoms with van der Waals surface area (Å²) in [7, 11) is 0. The summed E-state index contributed by atoms with van der Waals surface area (Å²) in [5, 5.41) is 0. The average Bonchev–Trinajstić information content (AvgIpc) is 3.05. The molecule has 1 aromatic heterocycles. The van der Waals surface area contributed by atoms with Gasteiger partial charge in [0.25, 0.3) is 0 Å². The zero-order valence-electron chi connectivity index (χ0n) is 12.0. The van der Waals surface area contributed by atoms with Crippen molar-refractivity contribution in [1.29, 1.82) is 0 Å². The van der Waals surface area contributed by atoms with Gasteiger partial charge in [0.05, 0.1) is 0 Å². The highest BCUT2D eigenvalue weighted by atomic mass is 32.1. The maximum absolute atomic E-state index is 2.36. The van der Waals surface area contributed by atoms with Crippen molar-refractivity contribution in [3.05, 3.63) is 76.7 Å². The molecule has 102 valence electrons. The SMILES string of the molecule is CC1=Cc2c(sc(-c3ccccc3)c2-c2ccccc2)C1. The van der Waals surface area contributed by atoms with Crippen molar-refractivity contribution < 1.29 is 0 Å². The van der Waals surface area contributed by atoms with Crippen LogP contribution in [0.4, 0.5) is 0 Å². The molecule has 1 aliphatic rings. The second-order valence-electron chi connectivity index (χ2n) is 5.54. The number of hydrogen-bond acceptors (Lipinski definition) is 1. The Labute approximate surface area is 129 Å². The van der Waals surface area contributed by atoms with Crippen LogP contribution >= 0.6 is 11.3 Å². The zero-order chi connectivity index (χ0) is 14.2. The summed E-state index contributed by atoms with van der Waals surface area (Å²) < 4.78 is 0. The van der Waals surface area contributed by atoms with Crippen LogP contribution in [0, 0.1) is 0 Å². The number of benzene rings is 2. The molecule has 0 unspecified atom stereocenters. The first kappa shape index (κ1) is 12.6. The lowest BCUT2D eigenvalue weighted by Crippen LogP contribution is -1.81. The quantitative estimate of drug-likeness (QED) is 0.539. The van der Waals surface area contributed by atoms with E-state index in [1.54, 1.807) is 0 Å². The van der Waals surface area contributed by atoms with E-state index in [0.717, 1.165) is 6.42 Å². The topological polar surface area (TPSA) is 0 Å². The van der Waals surface area contributed by atoms with Crippen molar-refractivity contribution >= 4 is 17.4 Å². The third-order valence-electron chi connectivity index (χ3n) is 3.95. The minimum absolute atomic E-state index is 1.10. The summed E-state index contributed by atoms with van der Waals surface area (Å²) in [6.45, 7) is 2.23. The predicted molar refractivity (Wildman–Crippen MR) is 92.5 cm³/mol. The lowest BCUT2D eigenvalue weighted by Gasteiger charge is -2.06. The first-order chi connectivity index (χ1) is 10.3. The van der Waals surface area contributed by atoms with Gasteiger partial charge in [0.15, 0.2) is 0 Å². The van der Waals surface area contributed by atoms with Crippen LogP contribution in [0.5, 0.6) is 0 Å². The van der Waals surface area contributed by atoms with E-state index in [4.69, 9.17) is 0 Å². The molecule has 0 saturated carbocycles. The summed E-state index contributed by atoms with van der Waals surface area (Å²) in [6.07, 6.45) is 3.47. The molecule has 0 radical (unpaired) electrons. The summed E-state index contributed by atoms with van der Waals surface area (Å²) in [4.78, 5) is 2.90. The van der Waals surface area contributed by atoms with Gasteiger partial charge < -0.3 is 0 Å². The highest BCUT2D eigenvalue weighted by molar-refractivity contribution is 7.16. The summed E-state index contributed by atoms with van der Waals surface area (Å²) >= 11 is 1.95. The molecule has 4 rings (SSSR count). The second-order valence-corrected chi connectivity index (χ2v) is 6.65. The van der Waals surface area contributed by atoms with Gasteiger partial charge in [-0.05, 0) is 23.6 Å². The first-order valence-corrected chi connectivity index (χ1v) is 8.08. The smallest absolute Gasteiger partial charge is 0.0430 e. The third kappa shape index (κ3) is 2.14. The number of rotatable bonds is 2. The van der Waals surface area contributed by atoms with Gasteiger partial charge in [0.1, 0.15) is 0 Å². The Balaban J connectivity index is 1.99. The van der Waals surface area contributed by atoms with Gasteiger partial charge in [-0.2, -0.15) is 0 Å². The predicted octanol–water partition coefficient (Wildman–Crippen LogP) is 6.04. The summed E-state index contributed by atoms with van der Waals surface area (Å²) in [6, 6.07) is 21.5. The fraction of sp³-hybridized carbons (Fsp3) is 0.100.